The third-order valence-corrected chi connectivity index (χ3v) is 9.42. The van der Waals surface area contributed by atoms with E-state index in [1.807, 2.05) is 0 Å². The highest BCUT2D eigenvalue weighted by molar-refractivity contribution is 6.22. The predicted octanol–water partition coefficient (Wildman–Crippen LogP) is 13.0. The van der Waals surface area contributed by atoms with Gasteiger partial charge in [0.25, 0.3) is 0 Å². The Morgan fingerprint density at radius 2 is 0.717 bits per heavy atom. The Bertz CT molecular complexity index is 2550. The van der Waals surface area contributed by atoms with Crippen LogP contribution >= 0.6 is 0 Å². The first-order valence-corrected chi connectivity index (χ1v) is 15.9. The van der Waals surface area contributed by atoms with E-state index in [-0.39, 0.29) is 0 Å². The minimum absolute atomic E-state index is 1.22. The second-order valence-electron chi connectivity index (χ2n) is 12.1. The van der Waals surface area contributed by atoms with Crippen molar-refractivity contribution in [3.8, 4) is 44.5 Å². The first-order chi connectivity index (χ1) is 22.8. The van der Waals surface area contributed by atoms with Gasteiger partial charge < -0.3 is 0 Å². The van der Waals surface area contributed by atoms with Crippen LogP contribution < -0.4 is 0 Å². The van der Waals surface area contributed by atoms with Crippen LogP contribution in [0.2, 0.25) is 0 Å². The van der Waals surface area contributed by atoms with E-state index >= 15 is 0 Å². The quantitative estimate of drug-likeness (QED) is 0.181. The molecule has 0 saturated heterocycles. The fraction of sp³-hybridized carbons (Fsp3) is 0. The number of hydrogen-bond acceptors (Lipinski definition) is 0. The summed E-state index contributed by atoms with van der Waals surface area (Å²) in [6.45, 7) is 0. The van der Waals surface area contributed by atoms with Crippen LogP contribution in [0.25, 0.3) is 87.6 Å². The van der Waals surface area contributed by atoms with Crippen molar-refractivity contribution < 1.29 is 0 Å². The molecule has 0 aliphatic rings. The zero-order valence-electron chi connectivity index (χ0n) is 25.3. The lowest BCUT2D eigenvalue weighted by Gasteiger charge is -2.19. The molecule has 0 bridgehead atoms. The van der Waals surface area contributed by atoms with Crippen LogP contribution in [0.5, 0.6) is 0 Å². The lowest BCUT2D eigenvalue weighted by Crippen LogP contribution is -1.92. The molecule has 0 spiro atoms. The third kappa shape index (κ3) is 4.30. The van der Waals surface area contributed by atoms with E-state index in [9.17, 15) is 0 Å². The maximum absolute atomic E-state index is 2.44. The Morgan fingerprint density at radius 3 is 1.39 bits per heavy atom. The standard InChI is InChI=1S/C46H30/c1-3-15-32(16-4-1)45-40-23-11-12-24-41(40)46(33-17-5-2-6-18-33)44-29-35(26-27-42(44)45)43-30-36(28-34-19-8-10-22-38(34)43)39-25-13-20-31-14-7-9-21-37(31)39/h1-30H. The van der Waals surface area contributed by atoms with E-state index in [2.05, 4.69) is 182 Å². The van der Waals surface area contributed by atoms with Gasteiger partial charge in [0.2, 0.25) is 0 Å². The molecule has 0 aliphatic carbocycles. The SMILES string of the molecule is c1ccc(-c2c3ccccc3c(-c3ccccc3)c3cc(-c4cc(-c5cccc6ccccc56)cc5ccccc45)ccc23)cc1. The summed E-state index contributed by atoms with van der Waals surface area (Å²) in [6.07, 6.45) is 0. The van der Waals surface area contributed by atoms with Crippen LogP contribution in [0.4, 0.5) is 0 Å². The van der Waals surface area contributed by atoms with Crippen molar-refractivity contribution in [2.24, 2.45) is 0 Å². The molecule has 0 N–H and O–H groups in total. The monoisotopic (exact) mass is 582 g/mol. The molecule has 0 aliphatic heterocycles. The largest absolute Gasteiger partial charge is 0.0622 e. The van der Waals surface area contributed by atoms with Crippen LogP contribution in [-0.4, -0.2) is 0 Å². The van der Waals surface area contributed by atoms with Gasteiger partial charge in [-0.1, -0.05) is 164 Å². The van der Waals surface area contributed by atoms with Gasteiger partial charge >= 0.3 is 0 Å². The summed E-state index contributed by atoms with van der Waals surface area (Å²) in [7, 11) is 0. The van der Waals surface area contributed by atoms with Crippen molar-refractivity contribution in [1.29, 1.82) is 0 Å². The molecule has 0 fully saturated rings. The van der Waals surface area contributed by atoms with Gasteiger partial charge in [0.05, 0.1) is 0 Å². The summed E-state index contributed by atoms with van der Waals surface area (Å²) < 4.78 is 0. The molecule has 0 amide bonds. The molecule has 214 valence electrons. The number of rotatable bonds is 4. The first kappa shape index (κ1) is 26.4. The molecular weight excluding hydrogens is 553 g/mol. The topological polar surface area (TPSA) is 0 Å². The van der Waals surface area contributed by atoms with Crippen LogP contribution in [0.15, 0.2) is 182 Å². The summed E-state index contributed by atoms with van der Waals surface area (Å²) in [5.41, 5.74) is 9.99. The normalized spacial score (nSPS) is 11.5. The molecule has 9 aromatic rings. The highest BCUT2D eigenvalue weighted by Gasteiger charge is 2.18. The maximum atomic E-state index is 2.44. The Kier molecular flexibility index (Phi) is 6.25. The molecule has 9 rings (SSSR count). The maximum Gasteiger partial charge on any atom is -0.00262 e. The number of hydrogen-bond donors (Lipinski definition) is 0. The van der Waals surface area contributed by atoms with Crippen LogP contribution in [-0.2, 0) is 0 Å². The van der Waals surface area contributed by atoms with E-state index in [0.717, 1.165) is 0 Å². The molecule has 0 heteroatoms. The summed E-state index contributed by atoms with van der Waals surface area (Å²) >= 11 is 0. The van der Waals surface area contributed by atoms with E-state index in [1.165, 1.54) is 87.6 Å². The van der Waals surface area contributed by atoms with Gasteiger partial charge in [-0.2, -0.15) is 0 Å². The molecule has 9 aromatic carbocycles. The molecule has 46 heavy (non-hydrogen) atoms. The van der Waals surface area contributed by atoms with Gasteiger partial charge in [0, 0.05) is 0 Å². The molecule has 0 atom stereocenters. The zero-order chi connectivity index (χ0) is 30.5. The lowest BCUT2D eigenvalue weighted by atomic mass is 9.84. The molecular formula is C46H30. The Balaban J connectivity index is 1.38. The summed E-state index contributed by atoms with van der Waals surface area (Å²) in [5.74, 6) is 0. The minimum Gasteiger partial charge on any atom is -0.0622 e. The fourth-order valence-electron chi connectivity index (χ4n) is 7.36. The van der Waals surface area contributed by atoms with Crippen LogP contribution in [0.1, 0.15) is 0 Å². The van der Waals surface area contributed by atoms with E-state index in [0.29, 0.717) is 0 Å². The van der Waals surface area contributed by atoms with Crippen molar-refractivity contribution >= 4 is 43.1 Å². The molecule has 0 aromatic heterocycles. The van der Waals surface area contributed by atoms with Gasteiger partial charge in [-0.05, 0) is 106 Å². The number of fused-ring (bicyclic) bond motifs is 4. The first-order valence-electron chi connectivity index (χ1n) is 15.9. The summed E-state index contributed by atoms with van der Waals surface area (Å²) in [6, 6.07) is 66.6. The Morgan fingerprint density at radius 1 is 0.217 bits per heavy atom. The van der Waals surface area contributed by atoms with Gasteiger partial charge in [-0.25, -0.2) is 0 Å². The van der Waals surface area contributed by atoms with Crippen molar-refractivity contribution in [3.05, 3.63) is 182 Å². The smallest absolute Gasteiger partial charge is 0.00262 e. The zero-order valence-corrected chi connectivity index (χ0v) is 25.3. The average molecular weight is 583 g/mol. The highest BCUT2D eigenvalue weighted by atomic mass is 14.2. The highest BCUT2D eigenvalue weighted by Crippen LogP contribution is 2.45. The van der Waals surface area contributed by atoms with Crippen molar-refractivity contribution in [2.45, 2.75) is 0 Å². The van der Waals surface area contributed by atoms with Gasteiger partial charge in [-0.3, -0.25) is 0 Å². The molecule has 0 nitrogen and oxygen atoms in total. The van der Waals surface area contributed by atoms with Crippen molar-refractivity contribution in [3.63, 3.8) is 0 Å². The molecule has 0 radical (unpaired) electrons. The molecule has 0 unspecified atom stereocenters. The summed E-state index contributed by atoms with van der Waals surface area (Å²) in [4.78, 5) is 0. The van der Waals surface area contributed by atoms with Gasteiger partial charge in [0.1, 0.15) is 0 Å². The van der Waals surface area contributed by atoms with Crippen molar-refractivity contribution in [1.82, 2.24) is 0 Å². The van der Waals surface area contributed by atoms with Gasteiger partial charge in [-0.15, -0.1) is 0 Å². The number of benzene rings is 9. The van der Waals surface area contributed by atoms with Crippen molar-refractivity contribution in [2.75, 3.05) is 0 Å². The lowest BCUT2D eigenvalue weighted by molar-refractivity contribution is 1.63. The average Bonchev–Trinajstić information content (AvgIpc) is 3.13. The van der Waals surface area contributed by atoms with Gasteiger partial charge in [0.15, 0.2) is 0 Å². The van der Waals surface area contributed by atoms with E-state index < -0.39 is 0 Å². The van der Waals surface area contributed by atoms with E-state index in [4.69, 9.17) is 0 Å². The molecule has 0 heterocycles. The summed E-state index contributed by atoms with van der Waals surface area (Å²) in [5, 5.41) is 10.1. The predicted molar refractivity (Wildman–Crippen MR) is 198 cm³/mol. The fourth-order valence-corrected chi connectivity index (χ4v) is 7.36. The van der Waals surface area contributed by atoms with E-state index in [1.54, 1.807) is 0 Å². The Labute approximate surface area is 268 Å². The minimum atomic E-state index is 1.22. The van der Waals surface area contributed by atoms with Crippen LogP contribution in [0, 0.1) is 0 Å². The third-order valence-electron chi connectivity index (χ3n) is 9.42. The second-order valence-corrected chi connectivity index (χ2v) is 12.1. The molecule has 0 saturated carbocycles. The van der Waals surface area contributed by atoms with Crippen LogP contribution in [0.3, 0.4) is 0 Å². The second kappa shape index (κ2) is 10.9. The Hall–Kier alpha value is -5.98.